The predicted octanol–water partition coefficient (Wildman–Crippen LogP) is 4.62. The lowest BCUT2D eigenvalue weighted by atomic mass is 9.87. The molecule has 4 aromatic rings. The Bertz CT molecular complexity index is 1270. The lowest BCUT2D eigenvalue weighted by Gasteiger charge is -2.18. The second kappa shape index (κ2) is 6.90. The second-order valence-electron chi connectivity index (χ2n) is 6.80. The molecule has 0 aliphatic heterocycles. The fourth-order valence-electron chi connectivity index (χ4n) is 3.51. The number of H-pyrrole nitrogens is 1. The van der Waals surface area contributed by atoms with Crippen molar-refractivity contribution in [1.82, 2.24) is 15.4 Å². The maximum Gasteiger partial charge on any atom is 0.416 e. The topological polar surface area (TPSA) is 113 Å². The fourth-order valence-corrected chi connectivity index (χ4v) is 3.51. The average molecular weight is 415 g/mol. The highest BCUT2D eigenvalue weighted by Gasteiger charge is 2.34. The van der Waals surface area contributed by atoms with Gasteiger partial charge in [0, 0.05) is 22.1 Å². The minimum absolute atomic E-state index is 0.0796. The van der Waals surface area contributed by atoms with E-state index in [0.717, 1.165) is 23.0 Å². The molecule has 0 radical (unpaired) electrons. The van der Waals surface area contributed by atoms with E-state index >= 15 is 0 Å². The molecule has 7 nitrogen and oxygen atoms in total. The van der Waals surface area contributed by atoms with Crippen LogP contribution in [-0.4, -0.2) is 26.4 Å². The Kier molecular flexibility index (Phi) is 4.49. The van der Waals surface area contributed by atoms with Crippen LogP contribution in [0.15, 0.2) is 46.2 Å². The summed E-state index contributed by atoms with van der Waals surface area (Å²) in [4.78, 5) is 0. The molecule has 4 rings (SSSR count). The van der Waals surface area contributed by atoms with Crippen molar-refractivity contribution in [3.8, 4) is 22.3 Å². The van der Waals surface area contributed by atoms with Gasteiger partial charge in [-0.15, -0.1) is 0 Å². The van der Waals surface area contributed by atoms with Gasteiger partial charge >= 0.3 is 6.18 Å². The summed E-state index contributed by atoms with van der Waals surface area (Å²) in [6, 6.07) is 7.00. The van der Waals surface area contributed by atoms with E-state index in [1.165, 1.54) is 0 Å². The minimum Gasteiger partial charge on any atom is -0.409 e. The van der Waals surface area contributed by atoms with Crippen LogP contribution in [0.25, 0.3) is 33.2 Å². The molecule has 2 heterocycles. The summed E-state index contributed by atoms with van der Waals surface area (Å²) in [7, 11) is 0. The Balaban J connectivity index is 2.15. The number of fused-ring (bicyclic) bond motifs is 1. The van der Waals surface area contributed by atoms with E-state index in [2.05, 4.69) is 20.5 Å². The number of nitrogens with one attached hydrogen (secondary N) is 1. The molecular weight excluding hydrogens is 399 g/mol. The van der Waals surface area contributed by atoms with Gasteiger partial charge in [0.25, 0.3) is 0 Å². The number of halogens is 3. The normalized spacial score (nSPS) is 12.6. The van der Waals surface area contributed by atoms with Crippen molar-refractivity contribution >= 4 is 16.7 Å². The van der Waals surface area contributed by atoms with E-state index in [-0.39, 0.29) is 11.1 Å². The summed E-state index contributed by atoms with van der Waals surface area (Å²) in [6.07, 6.45) is -3.07. The van der Waals surface area contributed by atoms with Crippen LogP contribution in [0.2, 0.25) is 0 Å². The standard InChI is InChI=1S/C20H16F3N5O2/c1-9-17(10(2)30-28-9)18-14(11-3-4-16-12(5-11)8-25-26-16)6-13(20(21,22)23)7-15(18)19(24)27-29/h3-8,29H,1-2H3,(H2,24,27)(H,25,26). The van der Waals surface area contributed by atoms with Crippen LogP contribution in [0.1, 0.15) is 22.6 Å². The van der Waals surface area contributed by atoms with E-state index in [9.17, 15) is 18.4 Å². The number of amidine groups is 1. The van der Waals surface area contributed by atoms with Crippen LogP contribution in [0.3, 0.4) is 0 Å². The Morgan fingerprint density at radius 2 is 1.93 bits per heavy atom. The zero-order chi connectivity index (χ0) is 21.6. The summed E-state index contributed by atoms with van der Waals surface area (Å²) < 4.78 is 46.3. The third-order valence-corrected chi connectivity index (χ3v) is 4.88. The summed E-state index contributed by atoms with van der Waals surface area (Å²) in [5.41, 5.74) is 7.54. The number of benzene rings is 2. The molecule has 154 valence electrons. The van der Waals surface area contributed by atoms with Crippen LogP contribution < -0.4 is 5.73 Å². The molecule has 0 amide bonds. The third-order valence-electron chi connectivity index (χ3n) is 4.88. The van der Waals surface area contributed by atoms with Crippen LogP contribution >= 0.6 is 0 Å². The highest BCUT2D eigenvalue weighted by molar-refractivity contribution is 6.07. The molecule has 0 unspecified atom stereocenters. The third kappa shape index (κ3) is 3.15. The molecule has 0 aliphatic rings. The summed E-state index contributed by atoms with van der Waals surface area (Å²) >= 11 is 0. The van der Waals surface area contributed by atoms with Crippen molar-refractivity contribution in [3.63, 3.8) is 0 Å². The van der Waals surface area contributed by atoms with Crippen molar-refractivity contribution < 1.29 is 22.9 Å². The Morgan fingerprint density at radius 3 is 2.57 bits per heavy atom. The van der Waals surface area contributed by atoms with Crippen molar-refractivity contribution in [1.29, 1.82) is 0 Å². The first-order chi connectivity index (χ1) is 14.2. The van der Waals surface area contributed by atoms with Crippen molar-refractivity contribution in [2.75, 3.05) is 0 Å². The number of hydrogen-bond donors (Lipinski definition) is 3. The summed E-state index contributed by atoms with van der Waals surface area (Å²) in [5.74, 6) is -0.0633. The number of aryl methyl sites for hydroxylation is 2. The van der Waals surface area contributed by atoms with Gasteiger partial charge in [0.05, 0.1) is 23.0 Å². The van der Waals surface area contributed by atoms with Gasteiger partial charge in [-0.1, -0.05) is 16.4 Å². The quantitative estimate of drug-likeness (QED) is 0.196. The van der Waals surface area contributed by atoms with Crippen LogP contribution in [0, 0.1) is 13.8 Å². The van der Waals surface area contributed by atoms with Gasteiger partial charge in [0.2, 0.25) is 0 Å². The maximum absolute atomic E-state index is 13.7. The zero-order valence-electron chi connectivity index (χ0n) is 15.9. The molecule has 10 heteroatoms. The first kappa shape index (κ1) is 19.5. The Labute approximate surface area is 168 Å². The summed E-state index contributed by atoms with van der Waals surface area (Å²) in [6.45, 7) is 3.31. The van der Waals surface area contributed by atoms with Gasteiger partial charge in [0.15, 0.2) is 5.84 Å². The highest BCUT2D eigenvalue weighted by atomic mass is 19.4. The average Bonchev–Trinajstić information content (AvgIpc) is 3.31. The van der Waals surface area contributed by atoms with Crippen molar-refractivity contribution in [2.24, 2.45) is 10.9 Å². The van der Waals surface area contributed by atoms with Gasteiger partial charge < -0.3 is 15.5 Å². The minimum atomic E-state index is -4.64. The Morgan fingerprint density at radius 1 is 1.17 bits per heavy atom. The van der Waals surface area contributed by atoms with Crippen LogP contribution in [0.4, 0.5) is 13.2 Å². The number of nitrogens with zero attached hydrogens (tertiary/aromatic N) is 3. The molecule has 2 aromatic carbocycles. The number of aromatic nitrogens is 3. The summed E-state index contributed by atoms with van der Waals surface area (Å²) in [5, 5.41) is 23.6. The lowest BCUT2D eigenvalue weighted by Crippen LogP contribution is -2.17. The molecule has 0 aliphatic carbocycles. The maximum atomic E-state index is 13.7. The number of hydrogen-bond acceptors (Lipinski definition) is 5. The van der Waals surface area contributed by atoms with E-state index in [4.69, 9.17) is 10.3 Å². The van der Waals surface area contributed by atoms with Gasteiger partial charge in [-0.2, -0.15) is 18.3 Å². The smallest absolute Gasteiger partial charge is 0.409 e. The first-order valence-corrected chi connectivity index (χ1v) is 8.80. The van der Waals surface area contributed by atoms with E-state index in [1.807, 2.05) is 0 Å². The molecular formula is C20H16F3N5O2. The van der Waals surface area contributed by atoms with Crippen molar-refractivity contribution in [3.05, 3.63) is 59.1 Å². The van der Waals surface area contributed by atoms with Crippen LogP contribution in [0.5, 0.6) is 0 Å². The number of alkyl halides is 3. The lowest BCUT2D eigenvalue weighted by molar-refractivity contribution is -0.137. The molecule has 0 bridgehead atoms. The monoisotopic (exact) mass is 415 g/mol. The van der Waals surface area contributed by atoms with Gasteiger partial charge in [-0.25, -0.2) is 0 Å². The number of aromatic amines is 1. The van der Waals surface area contributed by atoms with Crippen molar-refractivity contribution in [2.45, 2.75) is 20.0 Å². The van der Waals surface area contributed by atoms with Gasteiger partial charge in [0.1, 0.15) is 5.76 Å². The van der Waals surface area contributed by atoms with E-state index in [1.54, 1.807) is 38.2 Å². The number of oxime groups is 1. The molecule has 0 spiro atoms. The van der Waals surface area contributed by atoms with Gasteiger partial charge in [-0.3, -0.25) is 5.10 Å². The molecule has 4 N–H and O–H groups in total. The largest absolute Gasteiger partial charge is 0.416 e. The number of rotatable bonds is 3. The Hall–Kier alpha value is -3.82. The SMILES string of the molecule is Cc1noc(C)c1-c1c(/C(N)=N/O)cc(C(F)(F)F)cc1-c1ccc2[nH]ncc2c1. The first-order valence-electron chi connectivity index (χ1n) is 8.80. The zero-order valence-corrected chi connectivity index (χ0v) is 15.9. The molecule has 0 saturated carbocycles. The molecule has 0 fully saturated rings. The molecule has 0 saturated heterocycles. The van der Waals surface area contributed by atoms with Crippen LogP contribution in [-0.2, 0) is 6.18 Å². The highest BCUT2D eigenvalue weighted by Crippen LogP contribution is 2.43. The molecule has 2 aromatic heterocycles. The fraction of sp³-hybridized carbons (Fsp3) is 0.150. The van der Waals surface area contributed by atoms with E-state index in [0.29, 0.717) is 28.1 Å². The molecule has 30 heavy (non-hydrogen) atoms. The molecule has 0 atom stereocenters. The predicted molar refractivity (Wildman–Crippen MR) is 104 cm³/mol. The number of nitrogens with two attached hydrogens (primary N) is 1. The van der Waals surface area contributed by atoms with Gasteiger partial charge in [-0.05, 0) is 49.2 Å². The second-order valence-corrected chi connectivity index (χ2v) is 6.80. The van der Waals surface area contributed by atoms with E-state index < -0.39 is 17.6 Å².